The van der Waals surface area contributed by atoms with E-state index in [1.165, 1.54) is 69.2 Å². The number of furan rings is 2. The third-order valence-corrected chi connectivity index (χ3v) is 21.4. The molecule has 19 rings (SSSR count). The van der Waals surface area contributed by atoms with Crippen LogP contribution >= 0.6 is 11.3 Å². The van der Waals surface area contributed by atoms with E-state index >= 15 is 0 Å². The van der Waals surface area contributed by atoms with E-state index in [9.17, 15) is 0 Å². The summed E-state index contributed by atoms with van der Waals surface area (Å²) in [6.07, 6.45) is 0. The molecule has 3 aromatic heterocycles. The Hall–Kier alpha value is -11.3. The highest BCUT2D eigenvalue weighted by Crippen LogP contribution is 2.53. The van der Waals surface area contributed by atoms with Gasteiger partial charge in [-0.25, -0.2) is 0 Å². The summed E-state index contributed by atoms with van der Waals surface area (Å²) in [6, 6.07) is 106. The number of nitrogens with zero attached hydrogens (tertiary/aromatic N) is 4. The predicted molar refractivity (Wildman–Crippen MR) is 410 cm³/mol. The number of fused-ring (bicyclic) bond motifs is 17. The van der Waals surface area contributed by atoms with Crippen LogP contribution in [-0.2, 0) is 10.8 Å². The number of anilines is 12. The van der Waals surface area contributed by atoms with E-state index in [1.54, 1.807) is 0 Å². The zero-order valence-electron chi connectivity index (χ0n) is 54.2. The largest absolute Gasteiger partial charge is 0.456 e. The van der Waals surface area contributed by atoms with Gasteiger partial charge in [0.1, 0.15) is 16.7 Å². The van der Waals surface area contributed by atoms with Gasteiger partial charge in [0.05, 0.1) is 11.4 Å². The topological polar surface area (TPSA) is 39.2 Å². The molecule has 0 aliphatic carbocycles. The van der Waals surface area contributed by atoms with Crippen LogP contribution in [0.3, 0.4) is 0 Å². The molecule has 458 valence electrons. The minimum atomic E-state index is -0.276. The Morgan fingerprint density at radius 3 is 1.61 bits per heavy atom. The summed E-state index contributed by atoms with van der Waals surface area (Å²) >= 11 is 1.85. The molecule has 0 amide bonds. The third kappa shape index (κ3) is 8.71. The first kappa shape index (κ1) is 56.2. The molecule has 0 saturated heterocycles. The van der Waals surface area contributed by atoms with Crippen molar-refractivity contribution in [1.82, 2.24) is 0 Å². The fourth-order valence-corrected chi connectivity index (χ4v) is 16.8. The molecule has 8 heteroatoms. The second kappa shape index (κ2) is 21.1. The lowest BCUT2D eigenvalue weighted by molar-refractivity contribution is 0.590. The van der Waals surface area contributed by atoms with E-state index < -0.39 is 0 Å². The van der Waals surface area contributed by atoms with Crippen molar-refractivity contribution in [3.63, 3.8) is 0 Å². The van der Waals surface area contributed by atoms with Gasteiger partial charge in [-0.2, -0.15) is 0 Å². The summed E-state index contributed by atoms with van der Waals surface area (Å²) in [4.78, 5) is 10.0. The van der Waals surface area contributed by atoms with E-state index in [-0.39, 0.29) is 17.5 Å². The third-order valence-electron chi connectivity index (χ3n) is 20.3. The van der Waals surface area contributed by atoms with Crippen molar-refractivity contribution < 1.29 is 8.83 Å². The second-order valence-corrected chi connectivity index (χ2v) is 29.1. The molecular weight excluding hydrogens is 1190 g/mol. The molecule has 0 atom stereocenters. The van der Waals surface area contributed by atoms with Crippen molar-refractivity contribution in [2.24, 2.45) is 0 Å². The standard InChI is InChI=1S/C88H65BN4O2S/c1-87(2,3)56-34-39-59(40-35-56)92-73-47-48-80-83(70-25-13-16-29-79(70)94-80)85(73)89-72-46-44-62(91(74-27-18-26-69-66-23-12-15-28-78(66)95-86(69)74)61-38-33-55-32-31-54-19-10-11-22-65(54)71(55)49-61)50-75(72)93(60-41-36-57(37-42-60)88(4,5)6)77-52-64(51-76(92)84(77)89)90(58-20-8-7-9-21-58)63-43-45-68-67-24-14-17-30-81(67)96-82(68)53-63/h7-53H,1-6H3. The first-order valence-electron chi connectivity index (χ1n) is 33.3. The Kier molecular flexibility index (Phi) is 12.4. The molecule has 96 heavy (non-hydrogen) atoms. The molecule has 0 radical (unpaired) electrons. The van der Waals surface area contributed by atoms with Crippen molar-refractivity contribution in [3.05, 3.63) is 296 Å². The highest BCUT2D eigenvalue weighted by Gasteiger charge is 2.46. The normalized spacial score (nSPS) is 13.0. The maximum absolute atomic E-state index is 7.06. The van der Waals surface area contributed by atoms with Gasteiger partial charge in [0, 0.05) is 98.6 Å². The Balaban J connectivity index is 0.940. The summed E-state index contributed by atoms with van der Waals surface area (Å²) in [6.45, 7) is 13.5. The van der Waals surface area contributed by atoms with E-state index in [0.717, 1.165) is 112 Å². The van der Waals surface area contributed by atoms with E-state index in [2.05, 4.69) is 346 Å². The Labute approximate surface area is 561 Å². The highest BCUT2D eigenvalue weighted by atomic mass is 32.1. The molecule has 17 aromatic rings. The summed E-state index contributed by atoms with van der Waals surface area (Å²) < 4.78 is 16.6. The van der Waals surface area contributed by atoms with Crippen LogP contribution < -0.4 is 36.0 Å². The first-order chi connectivity index (χ1) is 46.9. The minimum Gasteiger partial charge on any atom is -0.456 e. The molecule has 0 bridgehead atoms. The Morgan fingerprint density at radius 1 is 0.333 bits per heavy atom. The number of rotatable bonds is 8. The van der Waals surface area contributed by atoms with Gasteiger partial charge in [-0.15, -0.1) is 11.3 Å². The lowest BCUT2D eigenvalue weighted by atomic mass is 9.33. The van der Waals surface area contributed by atoms with E-state index in [4.69, 9.17) is 8.83 Å². The van der Waals surface area contributed by atoms with Crippen molar-refractivity contribution in [1.29, 1.82) is 0 Å². The van der Waals surface area contributed by atoms with Crippen LogP contribution in [-0.4, -0.2) is 6.71 Å². The minimum absolute atomic E-state index is 0.0570. The van der Waals surface area contributed by atoms with Gasteiger partial charge >= 0.3 is 0 Å². The number of para-hydroxylation sites is 4. The summed E-state index contributed by atoms with van der Waals surface area (Å²) in [5, 5.41) is 11.7. The maximum atomic E-state index is 7.06. The monoisotopic (exact) mass is 1250 g/mol. The molecule has 0 fully saturated rings. The van der Waals surface area contributed by atoms with Crippen LogP contribution in [0.25, 0.3) is 85.6 Å². The van der Waals surface area contributed by atoms with Crippen LogP contribution in [0, 0.1) is 0 Å². The number of hydrogen-bond donors (Lipinski definition) is 0. The van der Waals surface area contributed by atoms with Crippen molar-refractivity contribution in [3.8, 4) is 0 Å². The lowest BCUT2D eigenvalue weighted by Crippen LogP contribution is -2.61. The van der Waals surface area contributed by atoms with E-state index in [0.29, 0.717) is 0 Å². The molecule has 2 aliphatic rings. The maximum Gasteiger partial charge on any atom is 0.253 e. The van der Waals surface area contributed by atoms with Crippen molar-refractivity contribution in [2.75, 3.05) is 19.6 Å². The van der Waals surface area contributed by atoms with Gasteiger partial charge in [-0.1, -0.05) is 205 Å². The van der Waals surface area contributed by atoms with Crippen LogP contribution in [0.4, 0.5) is 68.2 Å². The molecule has 6 nitrogen and oxygen atoms in total. The first-order valence-corrected chi connectivity index (χ1v) is 34.1. The SMILES string of the molecule is CC(C)(C)c1ccc(N2c3cc(N(c4ccc5ccc6ccccc6c5c4)c4cccc5c4oc4ccccc45)ccc3B3c4c2cc(N(c2ccccc2)c2ccc5c(c2)sc2ccccc25)cc4N(c2ccc(C(C)(C)C)cc2)c2ccc4oc5ccccc5c4c23)cc1. The second-order valence-electron chi connectivity index (χ2n) is 28.0. The van der Waals surface area contributed by atoms with Gasteiger partial charge in [-0.3, -0.25) is 0 Å². The van der Waals surface area contributed by atoms with Gasteiger partial charge in [0.15, 0.2) is 5.58 Å². The average molecular weight is 1250 g/mol. The van der Waals surface area contributed by atoms with Crippen LogP contribution in [0.5, 0.6) is 0 Å². The zero-order valence-corrected chi connectivity index (χ0v) is 55.0. The molecule has 0 N–H and O–H groups in total. The lowest BCUT2D eigenvalue weighted by Gasteiger charge is -2.45. The average Bonchev–Trinajstić information content (AvgIpc) is 1.02. The Morgan fingerprint density at radius 2 is 0.885 bits per heavy atom. The fourth-order valence-electron chi connectivity index (χ4n) is 15.7. The molecule has 5 heterocycles. The number of thiophene rings is 1. The predicted octanol–water partition coefficient (Wildman–Crippen LogP) is 23.8. The zero-order chi connectivity index (χ0) is 64.3. The van der Waals surface area contributed by atoms with Crippen molar-refractivity contribution >= 4 is 188 Å². The fraction of sp³-hybridized carbons (Fsp3) is 0.0909. The number of benzene rings is 14. The van der Waals surface area contributed by atoms with Gasteiger partial charge in [0.2, 0.25) is 0 Å². The molecular formula is C88H65BN4O2S. The summed E-state index contributed by atoms with van der Waals surface area (Å²) in [5.74, 6) is 0. The quantitative estimate of drug-likeness (QED) is 0.112. The molecule has 14 aromatic carbocycles. The molecule has 0 spiro atoms. The van der Waals surface area contributed by atoms with Gasteiger partial charge < -0.3 is 28.4 Å². The summed E-state index contributed by atoms with van der Waals surface area (Å²) in [5.41, 5.74) is 22.0. The van der Waals surface area contributed by atoms with Gasteiger partial charge in [0.25, 0.3) is 6.71 Å². The van der Waals surface area contributed by atoms with Crippen LogP contribution in [0.2, 0.25) is 0 Å². The van der Waals surface area contributed by atoms with Gasteiger partial charge in [-0.05, 0) is 181 Å². The smallest absolute Gasteiger partial charge is 0.253 e. The highest BCUT2D eigenvalue weighted by molar-refractivity contribution is 7.25. The van der Waals surface area contributed by atoms with E-state index in [1.807, 2.05) is 11.3 Å². The van der Waals surface area contributed by atoms with Crippen molar-refractivity contribution in [2.45, 2.75) is 52.4 Å². The molecule has 0 unspecified atom stereocenters. The number of hydrogen-bond acceptors (Lipinski definition) is 7. The molecule has 0 saturated carbocycles. The summed E-state index contributed by atoms with van der Waals surface area (Å²) in [7, 11) is 0. The van der Waals surface area contributed by atoms with Crippen LogP contribution in [0.1, 0.15) is 52.7 Å². The van der Waals surface area contributed by atoms with Crippen LogP contribution in [0.15, 0.2) is 294 Å². The Bertz CT molecular complexity index is 6030. The molecule has 2 aliphatic heterocycles.